The maximum absolute atomic E-state index is 10.1. The van der Waals surface area contributed by atoms with Gasteiger partial charge < -0.3 is 20.8 Å². The largest absolute Gasteiger partial charge is 1.00 e. The molecule has 6 nitrogen and oxygen atoms in total. The Bertz CT molecular complexity index is 337. The minimum atomic E-state index is -0.980. The van der Waals surface area contributed by atoms with Crippen molar-refractivity contribution >= 4 is 23.9 Å². The van der Waals surface area contributed by atoms with Crippen LogP contribution in [0.5, 0.6) is 11.5 Å². The number of carbonyl (C=O) groups excluding carboxylic acids is 1. The summed E-state index contributed by atoms with van der Waals surface area (Å²) in [6.45, 7) is 0. The number of benzene rings is 1. The van der Waals surface area contributed by atoms with Crippen molar-refractivity contribution in [3.05, 3.63) is 23.8 Å². The van der Waals surface area contributed by atoms with Gasteiger partial charge in [-0.15, -0.1) is 11.6 Å². The molecule has 0 atom stereocenters. The fourth-order valence-electron chi connectivity index (χ4n) is 0.662. The number of aldehydes is 1. The van der Waals surface area contributed by atoms with E-state index in [2.05, 4.69) is 0 Å². The van der Waals surface area contributed by atoms with Crippen molar-refractivity contribution in [2.45, 2.75) is 0 Å². The summed E-state index contributed by atoms with van der Waals surface area (Å²) in [4.78, 5) is 19.4. The Kier molecular flexibility index (Phi) is 14.8. The van der Waals surface area contributed by atoms with Crippen molar-refractivity contribution < 1.29 is 59.9 Å². The Labute approximate surface area is 124 Å². The Morgan fingerprint density at radius 1 is 1.29 bits per heavy atom. The van der Waals surface area contributed by atoms with Crippen molar-refractivity contribution in [1.82, 2.24) is 0 Å². The topological polar surface area (TPSA) is 125 Å². The van der Waals surface area contributed by atoms with E-state index in [9.17, 15) is 9.59 Å². The quantitative estimate of drug-likeness (QED) is 0.326. The van der Waals surface area contributed by atoms with Crippen LogP contribution in [-0.4, -0.2) is 38.9 Å². The molecule has 1 aromatic rings. The van der Waals surface area contributed by atoms with Gasteiger partial charge in [0.1, 0.15) is 17.4 Å². The van der Waals surface area contributed by atoms with Crippen LogP contribution in [0.25, 0.3) is 0 Å². The number of hydrogen-bond donors (Lipinski definition) is 3. The van der Waals surface area contributed by atoms with Crippen LogP contribution < -0.4 is 29.6 Å². The molecule has 0 aliphatic rings. The summed E-state index contributed by atoms with van der Waals surface area (Å²) in [5.74, 6) is -1.68. The standard InChI is InChI=1S/C7H6O3.C2H3ClO2.Na.H2O/c8-4-5-6(9)2-1-3-7(5)10;3-1-2(4)5;;/h1-4,9-10H;1H2,(H,4,5);;1H2/q;;+1;/p-1. The molecule has 0 saturated heterocycles. The van der Waals surface area contributed by atoms with Gasteiger partial charge in [0, 0.05) is 0 Å². The Morgan fingerprint density at radius 2 is 1.65 bits per heavy atom. The number of carboxylic acids is 1. The summed E-state index contributed by atoms with van der Waals surface area (Å²) >= 11 is 4.74. The molecule has 0 aliphatic carbocycles. The minimum Gasteiger partial charge on any atom is -0.870 e. The van der Waals surface area contributed by atoms with Gasteiger partial charge in [-0.05, 0) is 12.1 Å². The van der Waals surface area contributed by atoms with Gasteiger partial charge in [-0.1, -0.05) is 6.07 Å². The number of aliphatic carboxylic acids is 1. The zero-order valence-electron chi connectivity index (χ0n) is 9.00. The second-order valence-electron chi connectivity index (χ2n) is 2.36. The molecule has 17 heavy (non-hydrogen) atoms. The van der Waals surface area contributed by atoms with Crippen LogP contribution in [0.3, 0.4) is 0 Å². The number of phenols is 2. The summed E-state index contributed by atoms with van der Waals surface area (Å²) in [6.07, 6.45) is 0.407. The number of carbonyl (C=O) groups is 2. The smallest absolute Gasteiger partial charge is 0.870 e. The van der Waals surface area contributed by atoms with E-state index in [0.717, 1.165) is 0 Å². The summed E-state index contributed by atoms with van der Waals surface area (Å²) < 4.78 is 0. The predicted octanol–water partition coefficient (Wildman–Crippen LogP) is -1.95. The third-order valence-electron chi connectivity index (χ3n) is 1.29. The zero-order valence-corrected chi connectivity index (χ0v) is 11.8. The second-order valence-corrected chi connectivity index (χ2v) is 2.62. The fraction of sp³-hybridized carbons (Fsp3) is 0.111. The predicted molar refractivity (Wildman–Crippen MR) is 55.5 cm³/mol. The van der Waals surface area contributed by atoms with Gasteiger partial charge in [0.2, 0.25) is 0 Å². The third kappa shape index (κ3) is 8.96. The number of rotatable bonds is 2. The zero-order chi connectivity index (χ0) is 11.8. The van der Waals surface area contributed by atoms with Crippen molar-refractivity contribution in [3.8, 4) is 11.5 Å². The number of alkyl halides is 1. The Morgan fingerprint density at radius 3 is 1.82 bits per heavy atom. The number of hydrogen-bond acceptors (Lipinski definition) is 5. The van der Waals surface area contributed by atoms with E-state index >= 15 is 0 Å². The molecule has 0 unspecified atom stereocenters. The second kappa shape index (κ2) is 11.7. The van der Waals surface area contributed by atoms with Crippen molar-refractivity contribution in [2.75, 3.05) is 5.88 Å². The van der Waals surface area contributed by atoms with Gasteiger partial charge in [0.05, 0.1) is 5.56 Å². The van der Waals surface area contributed by atoms with E-state index in [4.69, 9.17) is 26.9 Å². The first-order valence-corrected chi connectivity index (χ1v) is 4.30. The molecule has 0 amide bonds. The molecule has 0 bridgehead atoms. The van der Waals surface area contributed by atoms with E-state index in [1.165, 1.54) is 18.2 Å². The number of aromatic hydroxyl groups is 2. The van der Waals surface area contributed by atoms with Gasteiger partial charge in [0.25, 0.3) is 0 Å². The molecule has 0 saturated carbocycles. The summed E-state index contributed by atoms with van der Waals surface area (Å²) in [6, 6.07) is 4.13. The summed E-state index contributed by atoms with van der Waals surface area (Å²) in [5, 5.41) is 25.4. The summed E-state index contributed by atoms with van der Waals surface area (Å²) in [7, 11) is 0. The first kappa shape index (κ1) is 21.5. The van der Waals surface area contributed by atoms with E-state index in [-0.39, 0.29) is 58.0 Å². The minimum absolute atomic E-state index is 0. The SMILES string of the molecule is O=C(O)CCl.O=Cc1c(O)cccc1O.[Na+].[OH-]. The molecule has 0 spiro atoms. The maximum atomic E-state index is 10.1. The Balaban J connectivity index is -0.000000247. The van der Waals surface area contributed by atoms with E-state index in [1.807, 2.05) is 0 Å². The maximum Gasteiger partial charge on any atom is 1.00 e. The monoisotopic (exact) mass is 272 g/mol. The van der Waals surface area contributed by atoms with Crippen LogP contribution in [0.15, 0.2) is 18.2 Å². The summed E-state index contributed by atoms with van der Waals surface area (Å²) in [5.41, 5.74) is -0.0671. The molecule has 0 aromatic heterocycles. The van der Waals surface area contributed by atoms with E-state index in [0.29, 0.717) is 6.29 Å². The van der Waals surface area contributed by atoms with Gasteiger partial charge in [0.15, 0.2) is 6.29 Å². The molecule has 8 heteroatoms. The van der Waals surface area contributed by atoms with Gasteiger partial charge in [-0.2, -0.15) is 0 Å². The molecule has 1 aromatic carbocycles. The molecule has 4 N–H and O–H groups in total. The molecule has 1 rings (SSSR count). The van der Waals surface area contributed by atoms with Gasteiger partial charge in [-0.25, -0.2) is 0 Å². The number of halogens is 1. The molecule has 0 radical (unpaired) electrons. The average molecular weight is 273 g/mol. The van der Waals surface area contributed by atoms with Crippen LogP contribution in [0.1, 0.15) is 10.4 Å². The van der Waals surface area contributed by atoms with Crippen LogP contribution >= 0.6 is 11.6 Å². The molecular weight excluding hydrogens is 263 g/mol. The van der Waals surface area contributed by atoms with E-state index < -0.39 is 5.97 Å². The Hall–Kier alpha value is -0.790. The number of phenolic OH excluding ortho intramolecular Hbond substituents is 2. The third-order valence-corrected chi connectivity index (χ3v) is 1.52. The molecule has 90 valence electrons. The molecule has 0 heterocycles. The van der Waals surface area contributed by atoms with Gasteiger partial charge in [-0.3, -0.25) is 9.59 Å². The molecular formula is C9H10ClNaO6. The van der Waals surface area contributed by atoms with Crippen LogP contribution in [0.4, 0.5) is 0 Å². The van der Waals surface area contributed by atoms with Crippen molar-refractivity contribution in [3.63, 3.8) is 0 Å². The van der Waals surface area contributed by atoms with Crippen molar-refractivity contribution in [1.29, 1.82) is 0 Å². The average Bonchev–Trinajstić information content (AvgIpc) is 2.19. The first-order valence-electron chi connectivity index (χ1n) is 3.76. The fourth-order valence-corrected chi connectivity index (χ4v) is 0.662. The van der Waals surface area contributed by atoms with Gasteiger partial charge >= 0.3 is 35.5 Å². The van der Waals surface area contributed by atoms with Crippen LogP contribution in [-0.2, 0) is 4.79 Å². The normalized spacial score (nSPS) is 7.59. The van der Waals surface area contributed by atoms with Crippen LogP contribution in [0, 0.1) is 0 Å². The van der Waals surface area contributed by atoms with Crippen molar-refractivity contribution in [2.24, 2.45) is 0 Å². The molecule has 0 aliphatic heterocycles. The number of carboxylic acid groups (broad SMARTS) is 1. The molecule has 0 fully saturated rings. The first-order chi connectivity index (χ1) is 7.02. The van der Waals surface area contributed by atoms with Crippen LogP contribution in [0.2, 0.25) is 0 Å². The van der Waals surface area contributed by atoms with E-state index in [1.54, 1.807) is 0 Å².